The molecule has 0 radical (unpaired) electrons. The summed E-state index contributed by atoms with van der Waals surface area (Å²) >= 11 is 0. The van der Waals surface area contributed by atoms with Crippen LogP contribution in [0.2, 0.25) is 0 Å². The molecule has 1 heterocycles. The molecule has 0 aromatic carbocycles. The molecule has 7 heteroatoms. The third-order valence-electron chi connectivity index (χ3n) is 2.61. The molecule has 0 aliphatic rings. The van der Waals surface area contributed by atoms with Crippen molar-refractivity contribution in [2.24, 2.45) is 0 Å². The van der Waals surface area contributed by atoms with Crippen LogP contribution in [0.5, 0.6) is 0 Å². The lowest BCUT2D eigenvalue weighted by Crippen LogP contribution is -2.45. The van der Waals surface area contributed by atoms with Crippen LogP contribution in [0.1, 0.15) is 5.56 Å². The van der Waals surface area contributed by atoms with Crippen molar-refractivity contribution in [3.63, 3.8) is 0 Å². The fourth-order valence-corrected chi connectivity index (χ4v) is 1.59. The van der Waals surface area contributed by atoms with Crippen LogP contribution in [-0.4, -0.2) is 47.7 Å². The van der Waals surface area contributed by atoms with E-state index in [0.29, 0.717) is 5.56 Å². The van der Waals surface area contributed by atoms with E-state index in [1.54, 1.807) is 18.3 Å². The Balaban J connectivity index is 2.90. The van der Waals surface area contributed by atoms with Gasteiger partial charge < -0.3 is 4.90 Å². The molecule has 1 aromatic rings. The van der Waals surface area contributed by atoms with Gasteiger partial charge in [-0.3, -0.25) is 15.2 Å². The van der Waals surface area contributed by atoms with Crippen LogP contribution in [0.15, 0.2) is 24.5 Å². The molecule has 19 heavy (non-hydrogen) atoms. The van der Waals surface area contributed by atoms with Crippen molar-refractivity contribution < 1.29 is 18.0 Å². The molecule has 0 spiro atoms. The number of Topliss-reactive ketones (excluding diaryl/α,β-unsaturated/α-hetero) is 1. The summed E-state index contributed by atoms with van der Waals surface area (Å²) in [5.41, 5.74) is -0.290. The topological polar surface area (TPSA) is 57.1 Å². The van der Waals surface area contributed by atoms with Crippen LogP contribution in [0.25, 0.3) is 0 Å². The quantitative estimate of drug-likeness (QED) is 0.831. The van der Waals surface area contributed by atoms with E-state index in [2.05, 4.69) is 4.98 Å². The smallest absolute Gasteiger partial charge is 0.301 e. The molecule has 0 saturated heterocycles. The third-order valence-corrected chi connectivity index (χ3v) is 2.61. The number of ketones is 1. The van der Waals surface area contributed by atoms with Crippen LogP contribution >= 0.6 is 0 Å². The normalized spacial score (nSPS) is 13.4. The molecule has 0 aliphatic carbocycles. The van der Waals surface area contributed by atoms with Gasteiger partial charge in [-0.25, -0.2) is 0 Å². The molecular weight excluding hydrogens is 259 g/mol. The minimum Gasteiger partial charge on any atom is -0.301 e. The number of pyridine rings is 1. The highest BCUT2D eigenvalue weighted by molar-refractivity contribution is 6.42. The first kappa shape index (κ1) is 15.3. The van der Waals surface area contributed by atoms with Crippen LogP contribution in [0.4, 0.5) is 13.2 Å². The molecule has 1 atom stereocenters. The zero-order chi connectivity index (χ0) is 14.6. The molecule has 0 aliphatic heterocycles. The minimum atomic E-state index is -5.01. The fourth-order valence-electron chi connectivity index (χ4n) is 1.59. The average Bonchev–Trinajstić information content (AvgIpc) is 2.34. The van der Waals surface area contributed by atoms with Gasteiger partial charge in [0.15, 0.2) is 0 Å². The van der Waals surface area contributed by atoms with Gasteiger partial charge in [-0.2, -0.15) is 13.2 Å². The Morgan fingerprint density at radius 3 is 2.53 bits per heavy atom. The number of carbonyl (C=O) groups is 1. The Morgan fingerprint density at radius 1 is 1.47 bits per heavy atom. The van der Waals surface area contributed by atoms with E-state index >= 15 is 0 Å². The van der Waals surface area contributed by atoms with E-state index in [9.17, 15) is 18.0 Å². The van der Waals surface area contributed by atoms with Crippen LogP contribution < -0.4 is 0 Å². The maximum Gasteiger partial charge on any atom is 0.456 e. The van der Waals surface area contributed by atoms with Gasteiger partial charge >= 0.3 is 6.18 Å². The first-order valence-electron chi connectivity index (χ1n) is 5.48. The number of alkyl halides is 3. The summed E-state index contributed by atoms with van der Waals surface area (Å²) in [6.07, 6.45) is -1.84. The molecule has 0 saturated carbocycles. The lowest BCUT2D eigenvalue weighted by Gasteiger charge is -2.24. The Labute approximate surface area is 108 Å². The molecule has 1 aromatic heterocycles. The molecule has 0 amide bonds. The summed E-state index contributed by atoms with van der Waals surface area (Å²) in [7, 11) is 3.05. The van der Waals surface area contributed by atoms with Gasteiger partial charge in [-0.05, 0) is 32.1 Å². The number of likely N-dealkylation sites (N-methyl/N-ethyl adjacent to an activating group) is 1. The molecular formula is C12H14F3N3O. The lowest BCUT2D eigenvalue weighted by atomic mass is 9.99. The Morgan fingerprint density at radius 2 is 2.11 bits per heavy atom. The number of halogens is 3. The van der Waals surface area contributed by atoms with Gasteiger partial charge in [0.2, 0.25) is 0 Å². The minimum absolute atomic E-state index is 0.126. The fraction of sp³-hybridized carbons (Fsp3) is 0.417. The second-order valence-corrected chi connectivity index (χ2v) is 4.29. The molecule has 104 valence electrons. The van der Waals surface area contributed by atoms with Crippen molar-refractivity contribution in [2.75, 3.05) is 14.1 Å². The molecule has 0 fully saturated rings. The van der Waals surface area contributed by atoms with E-state index in [1.807, 2.05) is 0 Å². The largest absolute Gasteiger partial charge is 0.456 e. The maximum atomic E-state index is 12.3. The van der Waals surface area contributed by atoms with E-state index in [-0.39, 0.29) is 6.42 Å². The van der Waals surface area contributed by atoms with Crippen molar-refractivity contribution in [3.05, 3.63) is 30.1 Å². The van der Waals surface area contributed by atoms with E-state index in [0.717, 1.165) is 0 Å². The highest BCUT2D eigenvalue weighted by atomic mass is 19.4. The lowest BCUT2D eigenvalue weighted by molar-refractivity contribution is -0.163. The summed E-state index contributed by atoms with van der Waals surface area (Å²) in [4.78, 5) is 16.4. The Bertz CT molecular complexity index is 457. The van der Waals surface area contributed by atoms with Crippen molar-refractivity contribution >= 4 is 11.5 Å². The SMILES string of the molecule is CN(C)C(Cc1cccnc1)C(=N)C(=O)C(F)(F)F. The van der Waals surface area contributed by atoms with Gasteiger partial charge in [0.25, 0.3) is 5.78 Å². The van der Waals surface area contributed by atoms with Gasteiger partial charge in [-0.1, -0.05) is 6.07 Å². The summed E-state index contributed by atoms with van der Waals surface area (Å²) in [6, 6.07) is 2.41. The van der Waals surface area contributed by atoms with Gasteiger partial charge in [-0.15, -0.1) is 0 Å². The van der Waals surface area contributed by atoms with Gasteiger partial charge in [0, 0.05) is 12.4 Å². The Hall–Kier alpha value is -1.76. The zero-order valence-electron chi connectivity index (χ0n) is 10.5. The first-order chi connectivity index (χ1) is 8.73. The predicted octanol–water partition coefficient (Wildman–Crippen LogP) is 1.71. The monoisotopic (exact) mass is 273 g/mol. The van der Waals surface area contributed by atoms with E-state index < -0.39 is 23.7 Å². The predicted molar refractivity (Wildman–Crippen MR) is 64.2 cm³/mol. The van der Waals surface area contributed by atoms with Crippen molar-refractivity contribution in [2.45, 2.75) is 18.6 Å². The van der Waals surface area contributed by atoms with E-state index in [1.165, 1.54) is 25.2 Å². The number of nitrogens with one attached hydrogen (secondary N) is 1. The highest BCUT2D eigenvalue weighted by Gasteiger charge is 2.43. The molecule has 1 unspecified atom stereocenters. The average molecular weight is 273 g/mol. The number of hydrogen-bond acceptors (Lipinski definition) is 4. The summed E-state index contributed by atoms with van der Waals surface area (Å²) in [5.74, 6) is -2.10. The number of carbonyl (C=O) groups excluding carboxylic acids is 1. The third kappa shape index (κ3) is 4.13. The standard InChI is InChI=1S/C12H14F3N3O/c1-18(2)9(6-8-4-3-5-17-7-8)10(16)11(19)12(13,14)15/h3-5,7,9,16H,6H2,1-2H3. The van der Waals surface area contributed by atoms with Gasteiger partial charge in [0.05, 0.1) is 6.04 Å². The van der Waals surface area contributed by atoms with Crippen molar-refractivity contribution in [1.29, 1.82) is 5.41 Å². The number of hydrogen-bond donors (Lipinski definition) is 1. The highest BCUT2D eigenvalue weighted by Crippen LogP contribution is 2.19. The second-order valence-electron chi connectivity index (χ2n) is 4.29. The molecule has 4 nitrogen and oxygen atoms in total. The summed E-state index contributed by atoms with van der Waals surface area (Å²) in [6.45, 7) is 0. The Kier molecular flexibility index (Phi) is 4.77. The van der Waals surface area contributed by atoms with Crippen LogP contribution in [0.3, 0.4) is 0 Å². The zero-order valence-corrected chi connectivity index (χ0v) is 10.5. The number of nitrogens with zero attached hydrogens (tertiary/aromatic N) is 2. The summed E-state index contributed by atoms with van der Waals surface area (Å²) < 4.78 is 37.0. The maximum absolute atomic E-state index is 12.3. The second kappa shape index (κ2) is 5.92. The molecule has 1 N–H and O–H groups in total. The molecule has 1 rings (SSSR count). The van der Waals surface area contributed by atoms with Crippen molar-refractivity contribution in [1.82, 2.24) is 9.88 Å². The van der Waals surface area contributed by atoms with Crippen LogP contribution in [-0.2, 0) is 11.2 Å². The number of rotatable bonds is 5. The summed E-state index contributed by atoms with van der Waals surface area (Å²) in [5, 5.41) is 7.46. The number of aromatic nitrogens is 1. The first-order valence-corrected chi connectivity index (χ1v) is 5.48. The van der Waals surface area contributed by atoms with Gasteiger partial charge in [0.1, 0.15) is 5.71 Å². The van der Waals surface area contributed by atoms with Crippen LogP contribution in [0, 0.1) is 5.41 Å². The van der Waals surface area contributed by atoms with E-state index in [4.69, 9.17) is 5.41 Å². The molecule has 0 bridgehead atoms. The van der Waals surface area contributed by atoms with Crippen molar-refractivity contribution in [3.8, 4) is 0 Å².